The van der Waals surface area contributed by atoms with E-state index >= 15 is 0 Å². The van der Waals surface area contributed by atoms with Gasteiger partial charge in [0.05, 0.1) is 34.9 Å². The third-order valence-electron chi connectivity index (χ3n) is 6.57. The number of carbonyl (C=O) groups excluding carboxylic acids is 4. The van der Waals surface area contributed by atoms with Gasteiger partial charge >= 0.3 is 5.97 Å². The van der Waals surface area contributed by atoms with Gasteiger partial charge in [-0.25, -0.2) is 14.7 Å². The Balaban J connectivity index is 1.25. The van der Waals surface area contributed by atoms with Crippen molar-refractivity contribution in [2.24, 2.45) is 0 Å². The normalized spacial score (nSPS) is 14.3. The third-order valence-corrected chi connectivity index (χ3v) is 8.01. The highest BCUT2D eigenvalue weighted by atomic mass is 35.5. The average Bonchev–Trinajstić information content (AvgIpc) is 3.31. The summed E-state index contributed by atoms with van der Waals surface area (Å²) in [6.45, 7) is -0.465. The summed E-state index contributed by atoms with van der Waals surface area (Å²) in [7, 11) is 1.49. The number of anilines is 1. The number of methoxy groups -OCH3 is 1. The van der Waals surface area contributed by atoms with Gasteiger partial charge in [0.1, 0.15) is 16.8 Å². The molecule has 0 radical (unpaired) electrons. The molecule has 2 amide bonds. The first-order chi connectivity index (χ1) is 20.8. The molecule has 0 bridgehead atoms. The number of imide groups is 1. The molecular weight excluding hydrogens is 590 g/mol. The summed E-state index contributed by atoms with van der Waals surface area (Å²) in [6, 6.07) is 24.7. The number of ether oxygens (including phenoxy) is 2. The molecule has 43 heavy (non-hydrogen) atoms. The number of thioether (sulfide) groups is 1. The van der Waals surface area contributed by atoms with E-state index in [4.69, 9.17) is 21.1 Å². The largest absolute Gasteiger partial charge is 0.497 e. The van der Waals surface area contributed by atoms with Gasteiger partial charge in [-0.05, 0) is 60.7 Å². The smallest absolute Gasteiger partial charge is 0.338 e. The highest BCUT2D eigenvalue weighted by Crippen LogP contribution is 2.36. The fraction of sp³-hybridized carbons (Fsp3) is 0.125. The van der Waals surface area contributed by atoms with Crippen molar-refractivity contribution in [3.63, 3.8) is 0 Å². The zero-order valence-corrected chi connectivity index (χ0v) is 24.2. The second kappa shape index (κ2) is 12.9. The van der Waals surface area contributed by atoms with Crippen LogP contribution in [0, 0.1) is 11.3 Å². The minimum absolute atomic E-state index is 0.0859. The monoisotopic (exact) mass is 611 g/mol. The Hall–Kier alpha value is -4.98. The van der Waals surface area contributed by atoms with Crippen LogP contribution in [0.5, 0.6) is 5.75 Å². The fourth-order valence-electron chi connectivity index (χ4n) is 4.34. The number of ketones is 1. The van der Waals surface area contributed by atoms with Gasteiger partial charge in [0, 0.05) is 22.6 Å². The zero-order valence-electron chi connectivity index (χ0n) is 22.7. The lowest BCUT2D eigenvalue weighted by molar-refractivity contribution is -0.121. The zero-order chi connectivity index (χ0) is 30.5. The first-order valence-electron chi connectivity index (χ1n) is 12.9. The molecule has 214 valence electrons. The van der Waals surface area contributed by atoms with E-state index < -0.39 is 35.4 Å². The second-order valence-electron chi connectivity index (χ2n) is 9.32. The Labute approximate surface area is 256 Å². The number of halogens is 1. The topological polar surface area (TPSA) is 127 Å². The molecule has 2 heterocycles. The Morgan fingerprint density at radius 1 is 1.02 bits per heavy atom. The molecule has 0 spiro atoms. The van der Waals surface area contributed by atoms with Crippen LogP contribution < -0.4 is 9.64 Å². The van der Waals surface area contributed by atoms with E-state index in [-0.39, 0.29) is 23.2 Å². The lowest BCUT2D eigenvalue weighted by Gasteiger charge is -2.15. The van der Waals surface area contributed by atoms with Crippen molar-refractivity contribution in [3.8, 4) is 23.1 Å². The number of nitriles is 1. The molecule has 11 heteroatoms. The highest BCUT2D eigenvalue weighted by molar-refractivity contribution is 8.00. The van der Waals surface area contributed by atoms with Gasteiger partial charge in [-0.3, -0.25) is 14.4 Å². The van der Waals surface area contributed by atoms with Crippen LogP contribution in [-0.4, -0.2) is 47.5 Å². The summed E-state index contributed by atoms with van der Waals surface area (Å²) in [4.78, 5) is 56.8. The third kappa shape index (κ3) is 6.59. The predicted molar refractivity (Wildman–Crippen MR) is 160 cm³/mol. The minimum atomic E-state index is -0.792. The van der Waals surface area contributed by atoms with Gasteiger partial charge in [0.25, 0.3) is 0 Å². The number of hydrogen-bond donors (Lipinski definition) is 0. The molecule has 1 aliphatic rings. The standard InChI is InChI=1S/C32H22ClN3O6S/c1-41-25-4-2-3-21(15-25)27(37)18-42-32(40)20-7-12-24(13-8-20)36-29(38)16-28(31(36)39)43-30-22(17-34)9-14-26(35-30)19-5-10-23(33)11-6-19/h2-15,28H,16,18H2,1H3. The van der Waals surface area contributed by atoms with Crippen LogP contribution in [0.25, 0.3) is 11.3 Å². The van der Waals surface area contributed by atoms with Crippen LogP contribution >= 0.6 is 23.4 Å². The predicted octanol–water partition coefficient (Wildman–Crippen LogP) is 5.75. The lowest BCUT2D eigenvalue weighted by Crippen LogP contribution is -2.31. The number of carbonyl (C=O) groups is 4. The SMILES string of the molecule is COc1cccc(C(=O)COC(=O)c2ccc(N3C(=O)CC(Sc4nc(-c5ccc(Cl)cc5)ccc4C#N)C3=O)cc2)c1. The van der Waals surface area contributed by atoms with Crippen LogP contribution in [0.3, 0.4) is 0 Å². The van der Waals surface area contributed by atoms with E-state index in [2.05, 4.69) is 11.1 Å². The molecule has 1 unspecified atom stereocenters. The number of aromatic nitrogens is 1. The van der Waals surface area contributed by atoms with Crippen LogP contribution in [-0.2, 0) is 14.3 Å². The van der Waals surface area contributed by atoms with E-state index in [1.54, 1.807) is 60.7 Å². The molecular formula is C32H22ClN3O6S. The lowest BCUT2D eigenvalue weighted by atomic mass is 10.1. The quantitative estimate of drug-likeness (QED) is 0.132. The summed E-state index contributed by atoms with van der Waals surface area (Å²) in [5.41, 5.74) is 2.44. The van der Waals surface area contributed by atoms with Crippen LogP contribution in [0.2, 0.25) is 5.02 Å². The molecule has 9 nitrogen and oxygen atoms in total. The van der Waals surface area contributed by atoms with Crippen molar-refractivity contribution < 1.29 is 28.7 Å². The maximum atomic E-state index is 13.3. The number of benzene rings is 3. The number of nitrogens with zero attached hydrogens (tertiary/aromatic N) is 3. The number of hydrogen-bond acceptors (Lipinski definition) is 9. The highest BCUT2D eigenvalue weighted by Gasteiger charge is 2.41. The van der Waals surface area contributed by atoms with Crippen LogP contribution in [0.1, 0.15) is 32.7 Å². The Bertz CT molecular complexity index is 1770. The van der Waals surface area contributed by atoms with Crippen molar-refractivity contribution in [3.05, 3.63) is 107 Å². The average molecular weight is 612 g/mol. The van der Waals surface area contributed by atoms with Gasteiger partial charge in [0.2, 0.25) is 11.8 Å². The number of esters is 1. The van der Waals surface area contributed by atoms with Crippen LogP contribution in [0.15, 0.2) is 90.0 Å². The Morgan fingerprint density at radius 3 is 2.47 bits per heavy atom. The summed E-state index contributed by atoms with van der Waals surface area (Å²) in [5.74, 6) is -1.50. The maximum absolute atomic E-state index is 13.3. The number of Topliss-reactive ketones (excluding diaryl/α,β-unsaturated/α-hetero) is 1. The van der Waals surface area contributed by atoms with Gasteiger partial charge in [0.15, 0.2) is 12.4 Å². The van der Waals surface area contributed by atoms with E-state index in [0.717, 1.165) is 22.2 Å². The van der Waals surface area contributed by atoms with Gasteiger partial charge in [-0.1, -0.05) is 47.6 Å². The summed E-state index contributed by atoms with van der Waals surface area (Å²) >= 11 is 7.04. The molecule has 0 aliphatic carbocycles. The molecule has 1 fully saturated rings. The van der Waals surface area contributed by atoms with Gasteiger partial charge in [-0.2, -0.15) is 5.26 Å². The molecule has 0 N–H and O–H groups in total. The van der Waals surface area contributed by atoms with E-state index in [1.165, 1.54) is 31.4 Å². The molecule has 1 aliphatic heterocycles. The summed E-state index contributed by atoms with van der Waals surface area (Å²) in [5, 5.41) is 9.73. The van der Waals surface area contributed by atoms with Crippen molar-refractivity contribution in [2.75, 3.05) is 18.6 Å². The van der Waals surface area contributed by atoms with Crippen LogP contribution in [0.4, 0.5) is 5.69 Å². The minimum Gasteiger partial charge on any atom is -0.497 e. The fourth-order valence-corrected chi connectivity index (χ4v) is 5.56. The number of rotatable bonds is 9. The van der Waals surface area contributed by atoms with Crippen molar-refractivity contribution in [1.29, 1.82) is 5.26 Å². The van der Waals surface area contributed by atoms with Gasteiger partial charge < -0.3 is 9.47 Å². The first kappa shape index (κ1) is 29.5. The molecule has 5 rings (SSSR count). The Kier molecular flexibility index (Phi) is 8.85. The molecule has 1 atom stereocenters. The number of amides is 2. The molecule has 0 saturated carbocycles. The summed E-state index contributed by atoms with van der Waals surface area (Å²) in [6.07, 6.45) is -0.0859. The van der Waals surface area contributed by atoms with Crippen molar-refractivity contribution in [2.45, 2.75) is 16.7 Å². The van der Waals surface area contributed by atoms with Gasteiger partial charge in [-0.15, -0.1) is 0 Å². The molecule has 1 saturated heterocycles. The molecule has 4 aromatic rings. The van der Waals surface area contributed by atoms with E-state index in [0.29, 0.717) is 27.1 Å². The second-order valence-corrected chi connectivity index (χ2v) is 11.0. The van der Waals surface area contributed by atoms with Crippen molar-refractivity contribution >= 4 is 52.6 Å². The van der Waals surface area contributed by atoms with Crippen molar-refractivity contribution in [1.82, 2.24) is 4.98 Å². The molecule has 1 aromatic heterocycles. The van der Waals surface area contributed by atoms with E-state index in [1.807, 2.05) is 0 Å². The first-order valence-corrected chi connectivity index (χ1v) is 14.2. The van der Waals surface area contributed by atoms with E-state index in [9.17, 15) is 24.4 Å². The maximum Gasteiger partial charge on any atom is 0.338 e. The molecule has 3 aromatic carbocycles. The summed E-state index contributed by atoms with van der Waals surface area (Å²) < 4.78 is 10.3. The number of pyridine rings is 1. The Morgan fingerprint density at radius 2 is 1.77 bits per heavy atom.